The lowest BCUT2D eigenvalue weighted by Crippen LogP contribution is -2.32. The fourth-order valence-electron chi connectivity index (χ4n) is 1.27. The van der Waals surface area contributed by atoms with Crippen molar-refractivity contribution in [3.8, 4) is 0 Å². The lowest BCUT2D eigenvalue weighted by Gasteiger charge is -2.10. The highest BCUT2D eigenvalue weighted by atomic mass is 19.3. The summed E-state index contributed by atoms with van der Waals surface area (Å²) in [5.74, 6) is -2.01. The van der Waals surface area contributed by atoms with Crippen molar-refractivity contribution in [2.24, 2.45) is 5.73 Å². The maximum atomic E-state index is 13.8. The molecule has 0 saturated carbocycles. The standard InChI is InChI=1S/C10H13F3N6O2/c11-5-6(14)4(7(15)16)3-18-8(5)19-10(20)17-1-2-21-9(12)13/h3,9H,1-2H2,(H3,15,16)(H4,14,17,18,19,20). The van der Waals surface area contributed by atoms with Crippen LogP contribution in [0.5, 0.6) is 0 Å². The number of nitrogens with one attached hydrogen (secondary N) is 3. The predicted molar refractivity (Wildman–Crippen MR) is 68.6 cm³/mol. The second kappa shape index (κ2) is 7.28. The van der Waals surface area contributed by atoms with Crippen LogP contribution in [-0.4, -0.2) is 36.6 Å². The molecular weight excluding hydrogens is 293 g/mol. The Morgan fingerprint density at radius 1 is 1.52 bits per heavy atom. The van der Waals surface area contributed by atoms with Crippen molar-refractivity contribution in [1.82, 2.24) is 10.3 Å². The first-order chi connectivity index (χ1) is 9.82. The van der Waals surface area contributed by atoms with Crippen LogP contribution in [0.15, 0.2) is 6.20 Å². The number of anilines is 2. The van der Waals surface area contributed by atoms with Crippen LogP contribution < -0.4 is 22.1 Å². The average Bonchev–Trinajstić information content (AvgIpc) is 2.39. The minimum atomic E-state index is -2.94. The Kier molecular flexibility index (Phi) is 5.72. The number of halogens is 3. The number of rotatable bonds is 6. The number of carbonyl (C=O) groups excluding carboxylic acids is 1. The first-order valence-corrected chi connectivity index (χ1v) is 5.56. The van der Waals surface area contributed by atoms with E-state index in [0.717, 1.165) is 6.20 Å². The number of hydrogen-bond acceptors (Lipinski definition) is 5. The van der Waals surface area contributed by atoms with Gasteiger partial charge in [0.25, 0.3) is 0 Å². The Bertz CT molecular complexity index is 540. The Balaban J connectivity index is 2.61. The smallest absolute Gasteiger partial charge is 0.345 e. The molecule has 0 aliphatic heterocycles. The maximum Gasteiger partial charge on any atom is 0.345 e. The number of nitrogen functional groups attached to an aromatic ring is 2. The highest BCUT2D eigenvalue weighted by Gasteiger charge is 2.15. The first-order valence-electron chi connectivity index (χ1n) is 5.56. The van der Waals surface area contributed by atoms with Gasteiger partial charge in [0.2, 0.25) is 0 Å². The number of hydrogen-bond donors (Lipinski definition) is 5. The van der Waals surface area contributed by atoms with Crippen molar-refractivity contribution < 1.29 is 22.7 Å². The minimum absolute atomic E-state index is 0.108. The number of carbonyl (C=O) groups is 1. The lowest BCUT2D eigenvalue weighted by atomic mass is 10.2. The van der Waals surface area contributed by atoms with Crippen LogP contribution in [0.3, 0.4) is 0 Å². The van der Waals surface area contributed by atoms with E-state index in [1.54, 1.807) is 0 Å². The fraction of sp³-hybridized carbons (Fsp3) is 0.300. The Morgan fingerprint density at radius 2 is 2.19 bits per heavy atom. The molecule has 116 valence electrons. The number of amidine groups is 1. The molecule has 0 unspecified atom stereocenters. The van der Waals surface area contributed by atoms with Crippen molar-refractivity contribution in [1.29, 1.82) is 5.41 Å². The van der Waals surface area contributed by atoms with E-state index in [2.05, 4.69) is 15.0 Å². The van der Waals surface area contributed by atoms with Gasteiger partial charge in [0.15, 0.2) is 11.6 Å². The Morgan fingerprint density at radius 3 is 2.76 bits per heavy atom. The molecule has 11 heteroatoms. The zero-order valence-electron chi connectivity index (χ0n) is 10.6. The van der Waals surface area contributed by atoms with Gasteiger partial charge < -0.3 is 21.5 Å². The van der Waals surface area contributed by atoms with Gasteiger partial charge in [-0.3, -0.25) is 10.7 Å². The van der Waals surface area contributed by atoms with Gasteiger partial charge in [-0.05, 0) is 0 Å². The van der Waals surface area contributed by atoms with Crippen molar-refractivity contribution in [2.75, 3.05) is 24.2 Å². The van der Waals surface area contributed by atoms with E-state index in [0.29, 0.717) is 0 Å². The summed E-state index contributed by atoms with van der Waals surface area (Å²) in [6, 6.07) is -0.880. The molecule has 21 heavy (non-hydrogen) atoms. The molecule has 0 aromatic carbocycles. The third-order valence-electron chi connectivity index (χ3n) is 2.21. The van der Waals surface area contributed by atoms with E-state index in [9.17, 15) is 18.0 Å². The molecule has 7 N–H and O–H groups in total. The molecule has 1 aromatic rings. The van der Waals surface area contributed by atoms with E-state index >= 15 is 0 Å². The number of pyridine rings is 1. The van der Waals surface area contributed by atoms with Gasteiger partial charge >= 0.3 is 12.6 Å². The highest BCUT2D eigenvalue weighted by molar-refractivity contribution is 6.00. The number of urea groups is 1. The van der Waals surface area contributed by atoms with E-state index in [1.165, 1.54) is 0 Å². The molecule has 0 atom stereocenters. The van der Waals surface area contributed by atoms with Crippen LogP contribution in [0.25, 0.3) is 0 Å². The normalized spacial score (nSPS) is 10.5. The molecule has 1 heterocycles. The molecular formula is C10H13F3N6O2. The third kappa shape index (κ3) is 4.80. The zero-order valence-corrected chi connectivity index (χ0v) is 10.6. The largest absolute Gasteiger partial charge is 0.396 e. The van der Waals surface area contributed by atoms with Crippen molar-refractivity contribution in [3.05, 3.63) is 17.6 Å². The van der Waals surface area contributed by atoms with E-state index in [1.807, 2.05) is 5.32 Å². The molecule has 1 rings (SSSR count). The molecule has 1 aromatic heterocycles. The van der Waals surface area contributed by atoms with Gasteiger partial charge in [-0.1, -0.05) is 0 Å². The van der Waals surface area contributed by atoms with Crippen LogP contribution in [0.2, 0.25) is 0 Å². The SMILES string of the molecule is N=C(N)c1cnc(NC(=O)NCCOC(F)F)c(F)c1N. The molecule has 2 amide bonds. The number of aromatic nitrogens is 1. The van der Waals surface area contributed by atoms with Gasteiger partial charge in [0, 0.05) is 12.7 Å². The van der Waals surface area contributed by atoms with Crippen LogP contribution in [0.4, 0.5) is 29.5 Å². The Labute approximate surface area is 117 Å². The summed E-state index contributed by atoms with van der Waals surface area (Å²) in [4.78, 5) is 14.9. The number of nitrogens with two attached hydrogens (primary N) is 2. The maximum absolute atomic E-state index is 13.8. The lowest BCUT2D eigenvalue weighted by molar-refractivity contribution is -0.126. The first kappa shape index (κ1) is 16.5. The molecule has 0 aliphatic carbocycles. The van der Waals surface area contributed by atoms with Crippen LogP contribution in [0, 0.1) is 11.2 Å². The number of alkyl halides is 2. The van der Waals surface area contributed by atoms with Gasteiger partial charge in [-0.15, -0.1) is 0 Å². The summed E-state index contributed by atoms with van der Waals surface area (Å²) in [7, 11) is 0. The second-order valence-corrected chi connectivity index (χ2v) is 3.67. The second-order valence-electron chi connectivity index (χ2n) is 3.67. The van der Waals surface area contributed by atoms with Crippen molar-refractivity contribution in [2.45, 2.75) is 6.61 Å². The number of ether oxygens (including phenoxy) is 1. The monoisotopic (exact) mass is 306 g/mol. The van der Waals surface area contributed by atoms with Gasteiger partial charge in [-0.25, -0.2) is 14.2 Å². The summed E-state index contributed by atoms with van der Waals surface area (Å²) >= 11 is 0. The summed E-state index contributed by atoms with van der Waals surface area (Å²) in [5.41, 5.74) is 10.0. The molecule has 0 radical (unpaired) electrons. The number of amides is 2. The van der Waals surface area contributed by atoms with Crippen molar-refractivity contribution in [3.63, 3.8) is 0 Å². The highest BCUT2D eigenvalue weighted by Crippen LogP contribution is 2.21. The topological polar surface area (TPSA) is 139 Å². The summed E-state index contributed by atoms with van der Waals surface area (Å²) < 4.78 is 41.0. The molecule has 0 aliphatic rings. The van der Waals surface area contributed by atoms with E-state index < -0.39 is 42.4 Å². The van der Waals surface area contributed by atoms with Crippen molar-refractivity contribution >= 4 is 23.4 Å². The molecule has 0 fully saturated rings. The summed E-state index contributed by atoms with van der Waals surface area (Å²) in [5, 5.41) is 11.3. The molecule has 0 spiro atoms. The quantitative estimate of drug-likeness (QED) is 0.295. The fourth-order valence-corrected chi connectivity index (χ4v) is 1.27. The molecule has 0 bridgehead atoms. The van der Waals surface area contributed by atoms with Crippen LogP contribution in [-0.2, 0) is 4.74 Å². The predicted octanol–water partition coefficient (Wildman–Crippen LogP) is 0.448. The van der Waals surface area contributed by atoms with Gasteiger partial charge in [-0.2, -0.15) is 8.78 Å². The molecule has 0 saturated heterocycles. The minimum Gasteiger partial charge on any atom is -0.396 e. The van der Waals surface area contributed by atoms with E-state index in [4.69, 9.17) is 16.9 Å². The van der Waals surface area contributed by atoms with E-state index in [-0.39, 0.29) is 12.1 Å². The van der Waals surface area contributed by atoms with Gasteiger partial charge in [0.1, 0.15) is 5.84 Å². The number of nitrogens with zero attached hydrogens (tertiary/aromatic N) is 1. The summed E-state index contributed by atoms with van der Waals surface area (Å²) in [6.45, 7) is -3.56. The van der Waals surface area contributed by atoms with Crippen LogP contribution >= 0.6 is 0 Å². The molecule has 8 nitrogen and oxygen atoms in total. The zero-order chi connectivity index (χ0) is 16.0. The summed E-state index contributed by atoms with van der Waals surface area (Å²) in [6.07, 6.45) is 1.02. The average molecular weight is 306 g/mol. The Hall–Kier alpha value is -2.56. The van der Waals surface area contributed by atoms with Gasteiger partial charge in [0.05, 0.1) is 17.9 Å². The van der Waals surface area contributed by atoms with Crippen LogP contribution in [0.1, 0.15) is 5.56 Å². The third-order valence-corrected chi connectivity index (χ3v) is 2.21.